The predicted octanol–water partition coefficient (Wildman–Crippen LogP) is 3.42. The van der Waals surface area contributed by atoms with Crippen LogP contribution in [-0.4, -0.2) is 12.5 Å². The van der Waals surface area contributed by atoms with Gasteiger partial charge in [-0.05, 0) is 30.2 Å². The Morgan fingerprint density at radius 3 is 2.43 bits per heavy atom. The summed E-state index contributed by atoms with van der Waals surface area (Å²) >= 11 is 3.41. The van der Waals surface area contributed by atoms with Crippen molar-refractivity contribution in [1.82, 2.24) is 10.6 Å². The molecule has 2 N–H and O–H groups in total. The van der Waals surface area contributed by atoms with Crippen LogP contribution in [0.2, 0.25) is 0 Å². The van der Waals surface area contributed by atoms with Gasteiger partial charge in [0.1, 0.15) is 0 Å². The number of nitrogens with one attached hydrogen (secondary N) is 2. The highest BCUT2D eigenvalue weighted by atomic mass is 79.9. The van der Waals surface area contributed by atoms with Gasteiger partial charge in [-0.2, -0.15) is 0 Å². The highest BCUT2D eigenvalue weighted by Gasteiger charge is 2.07. The molecule has 1 atom stereocenters. The van der Waals surface area contributed by atoms with E-state index in [4.69, 9.17) is 0 Å². The summed E-state index contributed by atoms with van der Waals surface area (Å²) in [6.45, 7) is 2.92. The highest BCUT2D eigenvalue weighted by molar-refractivity contribution is 9.10. The number of rotatable bonds is 6. The van der Waals surface area contributed by atoms with E-state index in [1.807, 2.05) is 61.5 Å². The Balaban J connectivity index is 1.74. The summed E-state index contributed by atoms with van der Waals surface area (Å²) in [4.78, 5) is 11.8. The molecule has 0 bridgehead atoms. The number of carbonyl (C=O) groups is 1. The van der Waals surface area contributed by atoms with Gasteiger partial charge in [0, 0.05) is 17.1 Å². The van der Waals surface area contributed by atoms with Crippen molar-refractivity contribution >= 4 is 21.8 Å². The molecule has 2 aromatic carbocycles. The van der Waals surface area contributed by atoms with Gasteiger partial charge in [0.25, 0.3) is 0 Å². The predicted molar refractivity (Wildman–Crippen MR) is 88.8 cm³/mol. The summed E-state index contributed by atoms with van der Waals surface area (Å²) in [6, 6.07) is 18.1. The minimum Gasteiger partial charge on any atom is -0.351 e. The molecule has 0 radical (unpaired) electrons. The minimum atomic E-state index is 0.00261. The van der Waals surface area contributed by atoms with Crippen molar-refractivity contribution in [2.75, 3.05) is 6.54 Å². The normalized spacial score (nSPS) is 11.9. The molecule has 0 aliphatic heterocycles. The first-order chi connectivity index (χ1) is 10.1. The van der Waals surface area contributed by atoms with Crippen LogP contribution in [0.5, 0.6) is 0 Å². The molecule has 0 saturated carbocycles. The second-order valence-electron chi connectivity index (χ2n) is 4.92. The highest BCUT2D eigenvalue weighted by Crippen LogP contribution is 2.16. The summed E-state index contributed by atoms with van der Waals surface area (Å²) in [5, 5.41) is 6.13. The van der Waals surface area contributed by atoms with Crippen molar-refractivity contribution in [1.29, 1.82) is 0 Å². The van der Waals surface area contributed by atoms with Crippen molar-refractivity contribution in [2.24, 2.45) is 0 Å². The van der Waals surface area contributed by atoms with Crippen molar-refractivity contribution in [3.8, 4) is 0 Å². The lowest BCUT2D eigenvalue weighted by atomic mass is 10.1. The van der Waals surface area contributed by atoms with Gasteiger partial charge >= 0.3 is 0 Å². The van der Waals surface area contributed by atoms with Crippen LogP contribution in [0.3, 0.4) is 0 Å². The van der Waals surface area contributed by atoms with Crippen molar-refractivity contribution in [3.63, 3.8) is 0 Å². The summed E-state index contributed by atoms with van der Waals surface area (Å²) in [5.74, 6) is 0.00261. The van der Waals surface area contributed by atoms with Crippen molar-refractivity contribution in [3.05, 3.63) is 70.2 Å². The molecule has 4 heteroatoms. The SMILES string of the molecule is C[C@@H](NCC(=O)NCc1ccccc1)c1ccc(Br)cc1. The fraction of sp³-hybridized carbons (Fsp3) is 0.235. The molecule has 1 amide bonds. The molecule has 0 aromatic heterocycles. The van der Waals surface area contributed by atoms with Crippen molar-refractivity contribution < 1.29 is 4.79 Å². The first-order valence-corrected chi connectivity index (χ1v) is 7.74. The van der Waals surface area contributed by atoms with Crippen LogP contribution in [0.1, 0.15) is 24.1 Å². The van der Waals surface area contributed by atoms with E-state index in [9.17, 15) is 4.79 Å². The average Bonchev–Trinajstić information content (AvgIpc) is 2.52. The Kier molecular flexibility index (Phi) is 5.96. The largest absolute Gasteiger partial charge is 0.351 e. The Morgan fingerprint density at radius 2 is 1.76 bits per heavy atom. The monoisotopic (exact) mass is 346 g/mol. The van der Waals surface area contributed by atoms with E-state index in [1.54, 1.807) is 0 Å². The molecule has 110 valence electrons. The van der Waals surface area contributed by atoms with Gasteiger partial charge in [0.15, 0.2) is 0 Å². The van der Waals surface area contributed by atoms with E-state index in [2.05, 4.69) is 26.6 Å². The molecular weight excluding hydrogens is 328 g/mol. The lowest BCUT2D eigenvalue weighted by Crippen LogP contribution is -2.34. The number of hydrogen-bond donors (Lipinski definition) is 2. The van der Waals surface area contributed by atoms with Gasteiger partial charge in [0.05, 0.1) is 6.54 Å². The van der Waals surface area contributed by atoms with Crippen LogP contribution in [0.4, 0.5) is 0 Å². The topological polar surface area (TPSA) is 41.1 Å². The smallest absolute Gasteiger partial charge is 0.234 e. The lowest BCUT2D eigenvalue weighted by molar-refractivity contribution is -0.120. The van der Waals surface area contributed by atoms with Gasteiger partial charge in [0.2, 0.25) is 5.91 Å². The molecule has 2 rings (SSSR count). The second kappa shape index (κ2) is 7.96. The maximum Gasteiger partial charge on any atom is 0.234 e. The third kappa shape index (κ3) is 5.33. The number of amides is 1. The van der Waals surface area contributed by atoms with Crippen LogP contribution >= 0.6 is 15.9 Å². The maximum atomic E-state index is 11.8. The minimum absolute atomic E-state index is 0.00261. The van der Waals surface area contributed by atoms with E-state index >= 15 is 0 Å². The Morgan fingerprint density at radius 1 is 1.10 bits per heavy atom. The number of carbonyl (C=O) groups excluding carboxylic acids is 1. The molecular formula is C17H19BrN2O. The van der Waals surface area contributed by atoms with Crippen molar-refractivity contribution in [2.45, 2.75) is 19.5 Å². The maximum absolute atomic E-state index is 11.8. The third-order valence-electron chi connectivity index (χ3n) is 3.27. The van der Waals surface area contributed by atoms with Gasteiger partial charge in [-0.1, -0.05) is 58.4 Å². The molecule has 0 unspecified atom stereocenters. The van der Waals surface area contributed by atoms with E-state index in [-0.39, 0.29) is 11.9 Å². The number of benzene rings is 2. The van der Waals surface area contributed by atoms with Crippen LogP contribution in [0, 0.1) is 0 Å². The van der Waals surface area contributed by atoms with E-state index < -0.39 is 0 Å². The summed E-state index contributed by atoms with van der Waals surface area (Å²) in [5.41, 5.74) is 2.26. The molecule has 0 spiro atoms. The Hall–Kier alpha value is -1.65. The Bertz CT molecular complexity index is 569. The standard InChI is InChI=1S/C17H19BrN2O/c1-13(15-7-9-16(18)10-8-15)19-12-17(21)20-11-14-5-3-2-4-6-14/h2-10,13,19H,11-12H2,1H3,(H,20,21)/t13-/m1/s1. The van der Waals surface area contributed by atoms with Crippen LogP contribution in [0.25, 0.3) is 0 Å². The van der Waals surface area contributed by atoms with Gasteiger partial charge in [-0.25, -0.2) is 0 Å². The number of halogens is 1. The van der Waals surface area contributed by atoms with E-state index in [0.29, 0.717) is 13.1 Å². The molecule has 3 nitrogen and oxygen atoms in total. The zero-order chi connectivity index (χ0) is 15.1. The zero-order valence-corrected chi connectivity index (χ0v) is 13.6. The van der Waals surface area contributed by atoms with Gasteiger partial charge in [-0.15, -0.1) is 0 Å². The summed E-state index contributed by atoms with van der Waals surface area (Å²) in [7, 11) is 0. The van der Waals surface area contributed by atoms with Gasteiger partial charge < -0.3 is 10.6 Å². The van der Waals surface area contributed by atoms with Crippen LogP contribution in [0.15, 0.2) is 59.1 Å². The molecule has 2 aromatic rings. The summed E-state index contributed by atoms with van der Waals surface area (Å²) < 4.78 is 1.05. The molecule has 0 fully saturated rings. The molecule has 21 heavy (non-hydrogen) atoms. The fourth-order valence-corrected chi connectivity index (χ4v) is 2.24. The quantitative estimate of drug-likeness (QED) is 0.841. The van der Waals surface area contributed by atoms with E-state index in [1.165, 1.54) is 0 Å². The first kappa shape index (κ1) is 15.7. The molecule has 0 aliphatic carbocycles. The second-order valence-corrected chi connectivity index (χ2v) is 5.83. The Labute approximate surface area is 133 Å². The molecule has 0 saturated heterocycles. The fourth-order valence-electron chi connectivity index (χ4n) is 1.97. The van der Waals surface area contributed by atoms with Crippen LogP contribution < -0.4 is 10.6 Å². The van der Waals surface area contributed by atoms with Gasteiger partial charge in [-0.3, -0.25) is 4.79 Å². The van der Waals surface area contributed by atoms with Crippen LogP contribution in [-0.2, 0) is 11.3 Å². The average molecular weight is 347 g/mol. The first-order valence-electron chi connectivity index (χ1n) is 6.94. The lowest BCUT2D eigenvalue weighted by Gasteiger charge is -2.14. The third-order valence-corrected chi connectivity index (χ3v) is 3.80. The van der Waals surface area contributed by atoms with E-state index in [0.717, 1.165) is 15.6 Å². The molecule has 0 heterocycles. The summed E-state index contributed by atoms with van der Waals surface area (Å²) in [6.07, 6.45) is 0. The number of hydrogen-bond acceptors (Lipinski definition) is 2. The zero-order valence-electron chi connectivity index (χ0n) is 12.0. The molecule has 0 aliphatic rings.